The van der Waals surface area contributed by atoms with Crippen LogP contribution in [0.5, 0.6) is 5.75 Å². The van der Waals surface area contributed by atoms with E-state index in [1.54, 1.807) is 13.2 Å². The summed E-state index contributed by atoms with van der Waals surface area (Å²) in [6, 6.07) is 3.57. The molecule has 1 atom stereocenters. The number of amides is 1. The van der Waals surface area contributed by atoms with Gasteiger partial charge >= 0.3 is 0 Å². The van der Waals surface area contributed by atoms with Crippen LogP contribution in [0.1, 0.15) is 18.4 Å². The van der Waals surface area contributed by atoms with Crippen molar-refractivity contribution in [3.8, 4) is 5.75 Å². The molecule has 4 nitrogen and oxygen atoms in total. The van der Waals surface area contributed by atoms with Crippen molar-refractivity contribution in [3.05, 3.63) is 22.7 Å². The van der Waals surface area contributed by atoms with Crippen LogP contribution in [-0.2, 0) is 4.79 Å². The first-order valence-electron chi connectivity index (χ1n) is 6.45. The van der Waals surface area contributed by atoms with E-state index in [-0.39, 0.29) is 5.91 Å². The first-order chi connectivity index (χ1) is 9.10. The van der Waals surface area contributed by atoms with Crippen molar-refractivity contribution in [2.24, 2.45) is 5.92 Å². The maximum absolute atomic E-state index is 12.0. The fourth-order valence-corrected chi connectivity index (χ4v) is 2.44. The number of ether oxygens (including phenoxy) is 1. The molecule has 2 N–H and O–H groups in total. The van der Waals surface area contributed by atoms with Gasteiger partial charge in [-0.1, -0.05) is 11.6 Å². The Morgan fingerprint density at radius 1 is 1.58 bits per heavy atom. The Kier molecular flexibility index (Phi) is 4.66. The van der Waals surface area contributed by atoms with Gasteiger partial charge in [0.25, 0.3) is 0 Å². The van der Waals surface area contributed by atoms with E-state index in [2.05, 4.69) is 10.6 Å². The Labute approximate surface area is 118 Å². The Bertz CT molecular complexity index is 471. The molecule has 0 saturated carbocycles. The highest BCUT2D eigenvalue weighted by Crippen LogP contribution is 2.31. The predicted molar refractivity (Wildman–Crippen MR) is 77.0 cm³/mol. The molecule has 1 aliphatic heterocycles. The topological polar surface area (TPSA) is 50.4 Å². The van der Waals surface area contributed by atoms with Crippen molar-refractivity contribution in [2.75, 3.05) is 25.5 Å². The summed E-state index contributed by atoms with van der Waals surface area (Å²) < 4.78 is 5.24. The summed E-state index contributed by atoms with van der Waals surface area (Å²) in [6.07, 6.45) is 1.60. The molecule has 1 saturated heterocycles. The summed E-state index contributed by atoms with van der Waals surface area (Å²) in [7, 11) is 1.57. The number of anilines is 1. The number of methoxy groups -OCH3 is 1. The van der Waals surface area contributed by atoms with E-state index in [0.717, 1.165) is 25.1 Å². The highest BCUT2D eigenvalue weighted by Gasteiger charge is 2.19. The molecule has 0 aromatic heterocycles. The standard InChI is InChI=1S/C14H19ClN2O2/c1-9-5-12(13(19-2)7-11(9)15)17-14(18)6-10-3-4-16-8-10/h5,7,10,16H,3-4,6,8H2,1-2H3,(H,17,18). The number of benzene rings is 1. The molecule has 2 rings (SSSR count). The lowest BCUT2D eigenvalue weighted by atomic mass is 10.0. The van der Waals surface area contributed by atoms with Gasteiger partial charge in [0.1, 0.15) is 5.75 Å². The molecule has 19 heavy (non-hydrogen) atoms. The summed E-state index contributed by atoms with van der Waals surface area (Å²) in [4.78, 5) is 12.0. The van der Waals surface area contributed by atoms with Gasteiger partial charge in [-0.25, -0.2) is 0 Å². The molecule has 0 spiro atoms. The van der Waals surface area contributed by atoms with E-state index in [1.807, 2.05) is 13.0 Å². The van der Waals surface area contributed by atoms with Crippen molar-refractivity contribution in [3.63, 3.8) is 0 Å². The van der Waals surface area contributed by atoms with Crippen LogP contribution in [0.25, 0.3) is 0 Å². The Morgan fingerprint density at radius 2 is 2.37 bits per heavy atom. The molecule has 1 fully saturated rings. The molecule has 5 heteroatoms. The molecule has 1 heterocycles. The first kappa shape index (κ1) is 14.2. The molecule has 104 valence electrons. The van der Waals surface area contributed by atoms with E-state index < -0.39 is 0 Å². The van der Waals surface area contributed by atoms with Crippen molar-refractivity contribution >= 4 is 23.2 Å². The van der Waals surface area contributed by atoms with Gasteiger partial charge in [0.05, 0.1) is 12.8 Å². The normalized spacial score (nSPS) is 18.4. The highest BCUT2D eigenvalue weighted by atomic mass is 35.5. The molecular formula is C14H19ClN2O2. The first-order valence-corrected chi connectivity index (χ1v) is 6.82. The number of aryl methyl sites for hydroxylation is 1. The van der Waals surface area contributed by atoms with E-state index in [0.29, 0.717) is 28.8 Å². The van der Waals surface area contributed by atoms with Gasteiger partial charge in [0.15, 0.2) is 0 Å². The summed E-state index contributed by atoms with van der Waals surface area (Å²) >= 11 is 6.04. The maximum atomic E-state index is 12.0. The summed E-state index contributed by atoms with van der Waals surface area (Å²) in [5.41, 5.74) is 1.60. The van der Waals surface area contributed by atoms with Crippen molar-refractivity contribution < 1.29 is 9.53 Å². The minimum atomic E-state index is 0.0220. The van der Waals surface area contributed by atoms with Crippen LogP contribution in [0.2, 0.25) is 5.02 Å². The molecule has 0 bridgehead atoms. The summed E-state index contributed by atoms with van der Waals surface area (Å²) in [6.45, 7) is 3.82. The van der Waals surface area contributed by atoms with Crippen LogP contribution in [0, 0.1) is 12.8 Å². The van der Waals surface area contributed by atoms with Crippen LogP contribution in [0.15, 0.2) is 12.1 Å². The lowest BCUT2D eigenvalue weighted by Gasteiger charge is -2.13. The second kappa shape index (κ2) is 6.26. The van der Waals surface area contributed by atoms with Crippen LogP contribution in [0.3, 0.4) is 0 Å². The maximum Gasteiger partial charge on any atom is 0.224 e. The third-order valence-corrected chi connectivity index (χ3v) is 3.80. The third kappa shape index (κ3) is 3.61. The number of carbonyl (C=O) groups excluding carboxylic acids is 1. The van der Waals surface area contributed by atoms with Crippen LogP contribution in [0.4, 0.5) is 5.69 Å². The largest absolute Gasteiger partial charge is 0.495 e. The lowest BCUT2D eigenvalue weighted by molar-refractivity contribution is -0.117. The average Bonchev–Trinajstić information content (AvgIpc) is 2.86. The second-order valence-corrected chi connectivity index (χ2v) is 5.32. The van der Waals surface area contributed by atoms with Crippen LogP contribution in [-0.4, -0.2) is 26.1 Å². The van der Waals surface area contributed by atoms with E-state index in [4.69, 9.17) is 16.3 Å². The third-order valence-electron chi connectivity index (χ3n) is 3.39. The molecular weight excluding hydrogens is 264 g/mol. The van der Waals surface area contributed by atoms with E-state index in [9.17, 15) is 4.79 Å². The van der Waals surface area contributed by atoms with Gasteiger partial charge in [0, 0.05) is 17.5 Å². The number of halogens is 1. The smallest absolute Gasteiger partial charge is 0.224 e. The van der Waals surface area contributed by atoms with Crippen LogP contribution < -0.4 is 15.4 Å². The monoisotopic (exact) mass is 282 g/mol. The molecule has 1 aromatic rings. The number of rotatable bonds is 4. The van der Waals surface area contributed by atoms with Crippen molar-refractivity contribution in [1.29, 1.82) is 0 Å². The van der Waals surface area contributed by atoms with Gasteiger partial charge in [-0.15, -0.1) is 0 Å². The van der Waals surface area contributed by atoms with Gasteiger partial charge in [-0.05, 0) is 44.0 Å². The van der Waals surface area contributed by atoms with Gasteiger partial charge in [-0.3, -0.25) is 4.79 Å². The summed E-state index contributed by atoms with van der Waals surface area (Å²) in [5, 5.41) is 6.80. The number of carbonyl (C=O) groups is 1. The molecule has 1 aliphatic rings. The average molecular weight is 283 g/mol. The van der Waals surface area contributed by atoms with Crippen LogP contribution >= 0.6 is 11.6 Å². The number of hydrogen-bond acceptors (Lipinski definition) is 3. The Balaban J connectivity index is 2.04. The zero-order chi connectivity index (χ0) is 13.8. The van der Waals surface area contributed by atoms with Crippen molar-refractivity contribution in [1.82, 2.24) is 5.32 Å². The molecule has 0 aliphatic carbocycles. The highest BCUT2D eigenvalue weighted by molar-refractivity contribution is 6.31. The minimum absolute atomic E-state index is 0.0220. The quantitative estimate of drug-likeness (QED) is 0.892. The van der Waals surface area contributed by atoms with E-state index >= 15 is 0 Å². The van der Waals surface area contributed by atoms with Gasteiger partial charge < -0.3 is 15.4 Å². The SMILES string of the molecule is COc1cc(Cl)c(C)cc1NC(=O)CC1CCNC1. The minimum Gasteiger partial charge on any atom is -0.495 e. The molecule has 1 unspecified atom stereocenters. The molecule has 1 aromatic carbocycles. The zero-order valence-corrected chi connectivity index (χ0v) is 12.0. The Morgan fingerprint density at radius 3 is 3.00 bits per heavy atom. The molecule has 0 radical (unpaired) electrons. The number of hydrogen-bond donors (Lipinski definition) is 2. The summed E-state index contributed by atoms with van der Waals surface area (Å²) in [5.74, 6) is 1.04. The molecule has 1 amide bonds. The van der Waals surface area contributed by atoms with E-state index in [1.165, 1.54) is 0 Å². The van der Waals surface area contributed by atoms with Crippen molar-refractivity contribution in [2.45, 2.75) is 19.8 Å². The predicted octanol–water partition coefficient (Wildman–Crippen LogP) is 2.60. The number of nitrogens with one attached hydrogen (secondary N) is 2. The second-order valence-electron chi connectivity index (χ2n) is 4.91. The zero-order valence-electron chi connectivity index (χ0n) is 11.3. The van der Waals surface area contributed by atoms with Gasteiger partial charge in [-0.2, -0.15) is 0 Å². The fraction of sp³-hybridized carbons (Fsp3) is 0.500. The Hall–Kier alpha value is -1.26. The lowest BCUT2D eigenvalue weighted by Crippen LogP contribution is -2.18. The van der Waals surface area contributed by atoms with Gasteiger partial charge in [0.2, 0.25) is 5.91 Å². The fourth-order valence-electron chi connectivity index (χ4n) is 2.28.